The zero-order valence-corrected chi connectivity index (χ0v) is 10.4. The van der Waals surface area contributed by atoms with Gasteiger partial charge in [-0.3, -0.25) is 4.98 Å². The van der Waals surface area contributed by atoms with Gasteiger partial charge in [-0.2, -0.15) is 0 Å². The molecule has 0 bridgehead atoms. The first kappa shape index (κ1) is 12.5. The molecule has 2 nitrogen and oxygen atoms in total. The number of nitrogens with one attached hydrogen (secondary N) is 1. The Morgan fingerprint density at radius 3 is 2.56 bits per heavy atom. The van der Waals surface area contributed by atoms with E-state index in [1.165, 1.54) is 5.56 Å². The summed E-state index contributed by atoms with van der Waals surface area (Å²) in [6, 6.07) is 16.8. The molecule has 2 aromatic rings. The third-order valence-corrected chi connectivity index (χ3v) is 2.85. The molecule has 0 fully saturated rings. The quantitative estimate of drug-likeness (QED) is 0.782. The first-order valence-corrected chi connectivity index (χ1v) is 6.19. The standard InChI is InChI=1S/C16H18N2/c1-2-11-18-16(14-8-4-3-5-9-14)13-15-10-6-7-12-17-15/h2-10,12,16,18H,1,11,13H2. The first-order chi connectivity index (χ1) is 8.90. The van der Waals surface area contributed by atoms with Crippen LogP contribution in [0.3, 0.4) is 0 Å². The number of rotatable bonds is 6. The fourth-order valence-corrected chi connectivity index (χ4v) is 1.95. The van der Waals surface area contributed by atoms with Crippen molar-refractivity contribution in [3.63, 3.8) is 0 Å². The zero-order chi connectivity index (χ0) is 12.6. The highest BCUT2D eigenvalue weighted by atomic mass is 14.9. The lowest BCUT2D eigenvalue weighted by Gasteiger charge is -2.18. The zero-order valence-electron chi connectivity index (χ0n) is 10.4. The van der Waals surface area contributed by atoms with E-state index in [-0.39, 0.29) is 6.04 Å². The summed E-state index contributed by atoms with van der Waals surface area (Å²) in [7, 11) is 0. The predicted molar refractivity (Wildman–Crippen MR) is 75.3 cm³/mol. The normalized spacial score (nSPS) is 12.0. The van der Waals surface area contributed by atoms with E-state index in [2.05, 4.69) is 47.2 Å². The molecule has 1 aromatic heterocycles. The van der Waals surface area contributed by atoms with Crippen LogP contribution in [0.4, 0.5) is 0 Å². The topological polar surface area (TPSA) is 24.9 Å². The van der Waals surface area contributed by atoms with Gasteiger partial charge in [0.2, 0.25) is 0 Å². The molecule has 0 aliphatic heterocycles. The van der Waals surface area contributed by atoms with Crippen molar-refractivity contribution in [2.24, 2.45) is 0 Å². The Bertz CT molecular complexity index is 465. The summed E-state index contributed by atoms with van der Waals surface area (Å²) in [5.74, 6) is 0. The van der Waals surface area contributed by atoms with Gasteiger partial charge in [0.25, 0.3) is 0 Å². The van der Waals surface area contributed by atoms with Crippen molar-refractivity contribution < 1.29 is 0 Å². The van der Waals surface area contributed by atoms with Crippen LogP contribution in [0.15, 0.2) is 67.4 Å². The number of nitrogens with zero attached hydrogens (tertiary/aromatic N) is 1. The second kappa shape index (κ2) is 6.72. The van der Waals surface area contributed by atoms with Gasteiger partial charge in [0.05, 0.1) is 0 Å². The monoisotopic (exact) mass is 238 g/mol. The molecule has 0 saturated carbocycles. The average Bonchev–Trinajstić information content (AvgIpc) is 2.45. The number of hydrogen-bond acceptors (Lipinski definition) is 2. The first-order valence-electron chi connectivity index (χ1n) is 6.19. The van der Waals surface area contributed by atoms with Crippen LogP contribution in [-0.2, 0) is 6.42 Å². The maximum atomic E-state index is 4.39. The molecule has 1 unspecified atom stereocenters. The van der Waals surface area contributed by atoms with Crippen LogP contribution in [-0.4, -0.2) is 11.5 Å². The highest BCUT2D eigenvalue weighted by Crippen LogP contribution is 2.16. The van der Waals surface area contributed by atoms with E-state index < -0.39 is 0 Å². The molecule has 1 atom stereocenters. The molecular weight excluding hydrogens is 220 g/mol. The van der Waals surface area contributed by atoms with Crippen molar-refractivity contribution in [2.75, 3.05) is 6.54 Å². The fraction of sp³-hybridized carbons (Fsp3) is 0.188. The average molecular weight is 238 g/mol. The van der Waals surface area contributed by atoms with Crippen LogP contribution >= 0.6 is 0 Å². The lowest BCUT2D eigenvalue weighted by molar-refractivity contribution is 0.558. The Morgan fingerprint density at radius 1 is 1.11 bits per heavy atom. The van der Waals surface area contributed by atoms with Crippen LogP contribution in [0.1, 0.15) is 17.3 Å². The molecule has 1 heterocycles. The molecule has 2 rings (SSSR count). The van der Waals surface area contributed by atoms with Gasteiger partial charge in [0.1, 0.15) is 0 Å². The molecule has 1 N–H and O–H groups in total. The highest BCUT2D eigenvalue weighted by Gasteiger charge is 2.11. The summed E-state index contributed by atoms with van der Waals surface area (Å²) in [6.45, 7) is 4.55. The summed E-state index contributed by atoms with van der Waals surface area (Å²) in [4.78, 5) is 4.39. The number of pyridine rings is 1. The van der Waals surface area contributed by atoms with Gasteiger partial charge in [0.15, 0.2) is 0 Å². The lowest BCUT2D eigenvalue weighted by atomic mass is 10.0. The molecule has 18 heavy (non-hydrogen) atoms. The van der Waals surface area contributed by atoms with Gasteiger partial charge in [-0.1, -0.05) is 42.5 Å². The Hall–Kier alpha value is -1.93. The molecular formula is C16H18N2. The van der Waals surface area contributed by atoms with Gasteiger partial charge in [-0.05, 0) is 17.7 Å². The van der Waals surface area contributed by atoms with Crippen LogP contribution in [0.25, 0.3) is 0 Å². The van der Waals surface area contributed by atoms with Gasteiger partial charge >= 0.3 is 0 Å². The van der Waals surface area contributed by atoms with Crippen molar-refractivity contribution in [1.29, 1.82) is 0 Å². The number of hydrogen-bond donors (Lipinski definition) is 1. The third kappa shape index (κ3) is 3.54. The molecule has 1 aromatic carbocycles. The Labute approximate surface area is 108 Å². The summed E-state index contributed by atoms with van der Waals surface area (Å²) in [5.41, 5.74) is 2.38. The van der Waals surface area contributed by atoms with E-state index in [0.717, 1.165) is 18.7 Å². The van der Waals surface area contributed by atoms with Crippen LogP contribution in [0.5, 0.6) is 0 Å². The summed E-state index contributed by atoms with van der Waals surface area (Å²) < 4.78 is 0. The summed E-state index contributed by atoms with van der Waals surface area (Å²) in [6.07, 6.45) is 4.61. The fourth-order valence-electron chi connectivity index (χ4n) is 1.95. The molecule has 0 aliphatic rings. The molecule has 92 valence electrons. The minimum absolute atomic E-state index is 0.277. The Morgan fingerprint density at radius 2 is 1.89 bits per heavy atom. The van der Waals surface area contributed by atoms with Gasteiger partial charge in [0, 0.05) is 30.9 Å². The molecule has 2 heteroatoms. The minimum Gasteiger partial charge on any atom is -0.306 e. The van der Waals surface area contributed by atoms with E-state index in [0.29, 0.717) is 0 Å². The summed E-state index contributed by atoms with van der Waals surface area (Å²) in [5, 5.41) is 3.48. The van der Waals surface area contributed by atoms with Crippen molar-refractivity contribution in [1.82, 2.24) is 10.3 Å². The Kier molecular flexibility index (Phi) is 4.68. The van der Waals surface area contributed by atoms with Gasteiger partial charge in [-0.25, -0.2) is 0 Å². The SMILES string of the molecule is C=CCNC(Cc1ccccn1)c1ccccc1. The third-order valence-electron chi connectivity index (χ3n) is 2.85. The molecule has 0 radical (unpaired) electrons. The molecule has 0 aliphatic carbocycles. The van der Waals surface area contributed by atoms with E-state index in [1.54, 1.807) is 0 Å². The second-order valence-electron chi connectivity index (χ2n) is 4.19. The molecule has 0 amide bonds. The minimum atomic E-state index is 0.277. The van der Waals surface area contributed by atoms with E-state index in [1.807, 2.05) is 30.5 Å². The van der Waals surface area contributed by atoms with Crippen LogP contribution in [0.2, 0.25) is 0 Å². The molecule has 0 saturated heterocycles. The van der Waals surface area contributed by atoms with Crippen LogP contribution in [0, 0.1) is 0 Å². The largest absolute Gasteiger partial charge is 0.306 e. The summed E-state index contributed by atoms with van der Waals surface area (Å²) >= 11 is 0. The number of aromatic nitrogens is 1. The van der Waals surface area contributed by atoms with Crippen molar-refractivity contribution >= 4 is 0 Å². The number of benzene rings is 1. The van der Waals surface area contributed by atoms with E-state index in [9.17, 15) is 0 Å². The van der Waals surface area contributed by atoms with Crippen molar-refractivity contribution in [3.05, 3.63) is 78.6 Å². The van der Waals surface area contributed by atoms with Crippen molar-refractivity contribution in [2.45, 2.75) is 12.5 Å². The van der Waals surface area contributed by atoms with E-state index in [4.69, 9.17) is 0 Å². The Balaban J connectivity index is 2.13. The van der Waals surface area contributed by atoms with E-state index >= 15 is 0 Å². The predicted octanol–water partition coefficient (Wildman–Crippen LogP) is 3.14. The van der Waals surface area contributed by atoms with Gasteiger partial charge < -0.3 is 5.32 Å². The van der Waals surface area contributed by atoms with Gasteiger partial charge in [-0.15, -0.1) is 6.58 Å². The smallest absolute Gasteiger partial charge is 0.0422 e. The lowest BCUT2D eigenvalue weighted by Crippen LogP contribution is -2.23. The highest BCUT2D eigenvalue weighted by molar-refractivity contribution is 5.21. The molecule has 0 spiro atoms. The maximum absolute atomic E-state index is 4.39. The maximum Gasteiger partial charge on any atom is 0.0422 e. The van der Waals surface area contributed by atoms with Crippen LogP contribution < -0.4 is 5.32 Å². The second-order valence-corrected chi connectivity index (χ2v) is 4.19. The van der Waals surface area contributed by atoms with Crippen molar-refractivity contribution in [3.8, 4) is 0 Å².